The molecule has 2 aliphatic carbocycles. The molecular formula is C22H22NO3-. The van der Waals surface area contributed by atoms with Gasteiger partial charge in [-0.05, 0) is 83.9 Å². The first-order valence-corrected chi connectivity index (χ1v) is 9.41. The zero-order chi connectivity index (χ0) is 17.8. The number of ether oxygens (including phenoxy) is 1. The molecule has 134 valence electrons. The maximum absolute atomic E-state index is 11.3. The van der Waals surface area contributed by atoms with E-state index in [9.17, 15) is 9.90 Å². The summed E-state index contributed by atoms with van der Waals surface area (Å²) in [5, 5.41) is 15.1. The summed E-state index contributed by atoms with van der Waals surface area (Å²) in [4.78, 5) is 11.3. The molecule has 2 fully saturated rings. The van der Waals surface area contributed by atoms with E-state index >= 15 is 0 Å². The van der Waals surface area contributed by atoms with Crippen LogP contribution >= 0.6 is 0 Å². The Morgan fingerprint density at radius 1 is 1.15 bits per heavy atom. The summed E-state index contributed by atoms with van der Waals surface area (Å²) in [5.74, 6) is 2.08. The summed E-state index contributed by atoms with van der Waals surface area (Å²) in [6.07, 6.45) is 3.79. The highest BCUT2D eigenvalue weighted by Crippen LogP contribution is 2.63. The number of carboxylic acid groups (broad SMARTS) is 1. The van der Waals surface area contributed by atoms with E-state index in [0.717, 1.165) is 11.4 Å². The number of anilines is 1. The number of carbonyl (C=O) groups excluding carboxylic acids is 1. The molecule has 1 aliphatic heterocycles. The van der Waals surface area contributed by atoms with Crippen LogP contribution in [0.25, 0.3) is 0 Å². The van der Waals surface area contributed by atoms with Crippen molar-refractivity contribution < 1.29 is 14.6 Å². The van der Waals surface area contributed by atoms with Gasteiger partial charge in [-0.3, -0.25) is 0 Å². The Morgan fingerprint density at radius 2 is 2.00 bits per heavy atom. The van der Waals surface area contributed by atoms with E-state index in [1.807, 2.05) is 24.3 Å². The topological polar surface area (TPSA) is 61.4 Å². The fourth-order valence-corrected chi connectivity index (χ4v) is 5.78. The van der Waals surface area contributed by atoms with Gasteiger partial charge in [0.1, 0.15) is 5.75 Å². The highest BCUT2D eigenvalue weighted by Gasteiger charge is 2.53. The van der Waals surface area contributed by atoms with Crippen LogP contribution in [-0.2, 0) is 0 Å². The zero-order valence-electron chi connectivity index (χ0n) is 14.8. The maximum Gasteiger partial charge on any atom is 0.119 e. The van der Waals surface area contributed by atoms with Crippen LogP contribution in [0.15, 0.2) is 42.5 Å². The largest absolute Gasteiger partial charge is 0.545 e. The van der Waals surface area contributed by atoms with E-state index in [1.165, 1.54) is 30.4 Å². The van der Waals surface area contributed by atoms with Gasteiger partial charge >= 0.3 is 0 Å². The molecule has 2 bridgehead atoms. The molecule has 0 radical (unpaired) electrons. The molecule has 0 saturated heterocycles. The number of methoxy groups -OCH3 is 1. The molecule has 3 aliphatic rings. The SMILES string of the molecule is COc1cccc([C@H]2Nc3ccc(C(=O)[O-])cc3[C@H]3[C@H]4CC[C@H](C4)[C@H]32)c1. The minimum atomic E-state index is -1.09. The Hall–Kier alpha value is -2.49. The molecule has 2 saturated carbocycles. The molecule has 0 aromatic heterocycles. The smallest absolute Gasteiger partial charge is 0.119 e. The first-order chi connectivity index (χ1) is 12.7. The lowest BCUT2D eigenvalue weighted by Crippen LogP contribution is -2.36. The minimum Gasteiger partial charge on any atom is -0.545 e. The Balaban J connectivity index is 1.62. The molecule has 4 heteroatoms. The van der Waals surface area contributed by atoms with Crippen molar-refractivity contribution in [1.82, 2.24) is 0 Å². The first-order valence-electron chi connectivity index (χ1n) is 9.41. The summed E-state index contributed by atoms with van der Waals surface area (Å²) < 4.78 is 5.43. The molecule has 1 N–H and O–H groups in total. The first kappa shape index (κ1) is 15.7. The second-order valence-electron chi connectivity index (χ2n) is 7.92. The fourth-order valence-electron chi connectivity index (χ4n) is 5.78. The monoisotopic (exact) mass is 348 g/mol. The van der Waals surface area contributed by atoms with Crippen LogP contribution in [-0.4, -0.2) is 13.1 Å². The van der Waals surface area contributed by atoms with Crippen molar-refractivity contribution in [2.45, 2.75) is 31.2 Å². The summed E-state index contributed by atoms with van der Waals surface area (Å²) in [7, 11) is 1.70. The van der Waals surface area contributed by atoms with Crippen LogP contribution in [0.3, 0.4) is 0 Å². The summed E-state index contributed by atoms with van der Waals surface area (Å²) in [6, 6.07) is 14.0. The van der Waals surface area contributed by atoms with Crippen LogP contribution in [0.2, 0.25) is 0 Å². The van der Waals surface area contributed by atoms with Gasteiger partial charge < -0.3 is 20.0 Å². The third-order valence-electron chi connectivity index (χ3n) is 6.78. The molecule has 5 rings (SSSR count). The third-order valence-corrected chi connectivity index (χ3v) is 6.78. The number of rotatable bonds is 3. The molecule has 2 aromatic carbocycles. The zero-order valence-corrected chi connectivity index (χ0v) is 14.8. The van der Waals surface area contributed by atoms with Crippen molar-refractivity contribution in [2.75, 3.05) is 12.4 Å². The van der Waals surface area contributed by atoms with Crippen LogP contribution in [0.1, 0.15) is 52.7 Å². The molecular weight excluding hydrogens is 326 g/mol. The predicted molar refractivity (Wildman–Crippen MR) is 97.2 cm³/mol. The van der Waals surface area contributed by atoms with E-state index in [-0.39, 0.29) is 11.6 Å². The number of nitrogens with one attached hydrogen (secondary N) is 1. The molecule has 2 aromatic rings. The number of hydrogen-bond acceptors (Lipinski definition) is 4. The third kappa shape index (κ3) is 2.24. The molecule has 0 unspecified atom stereocenters. The molecule has 0 amide bonds. The van der Waals surface area contributed by atoms with Crippen molar-refractivity contribution in [3.63, 3.8) is 0 Å². The Bertz CT molecular complexity index is 877. The lowest BCUT2D eigenvalue weighted by Gasteiger charge is -2.43. The van der Waals surface area contributed by atoms with Crippen LogP contribution < -0.4 is 15.2 Å². The van der Waals surface area contributed by atoms with E-state index in [1.54, 1.807) is 13.2 Å². The lowest BCUT2D eigenvalue weighted by atomic mass is 9.68. The number of aromatic carboxylic acids is 1. The molecule has 26 heavy (non-hydrogen) atoms. The van der Waals surface area contributed by atoms with Crippen molar-refractivity contribution in [1.29, 1.82) is 0 Å². The van der Waals surface area contributed by atoms with E-state index < -0.39 is 5.97 Å². The minimum absolute atomic E-state index is 0.242. The van der Waals surface area contributed by atoms with Gasteiger partial charge in [-0.1, -0.05) is 18.2 Å². The highest BCUT2D eigenvalue weighted by molar-refractivity contribution is 5.87. The molecule has 5 atom stereocenters. The Labute approximate surface area is 153 Å². The van der Waals surface area contributed by atoms with Crippen LogP contribution in [0, 0.1) is 17.8 Å². The standard InChI is InChI=1S/C22H23NO3/c1-26-16-4-2-3-14(10-16)21-20-13-6-5-12(9-13)19(20)17-11-15(22(24)25)7-8-18(17)23-21/h2-4,7-8,10-13,19-21,23H,5-6,9H2,1H3,(H,24,25)/p-1/t12-,13+,19+,20+,21+/m0/s1. The van der Waals surface area contributed by atoms with Gasteiger partial charge in [0.25, 0.3) is 0 Å². The highest BCUT2D eigenvalue weighted by atomic mass is 16.5. The molecule has 0 spiro atoms. The molecule has 1 heterocycles. The average molecular weight is 348 g/mol. The second kappa shape index (κ2) is 5.76. The van der Waals surface area contributed by atoms with E-state index in [4.69, 9.17) is 4.74 Å². The lowest BCUT2D eigenvalue weighted by molar-refractivity contribution is -0.255. The van der Waals surface area contributed by atoms with Crippen molar-refractivity contribution >= 4 is 11.7 Å². The normalized spacial score (nSPS) is 31.0. The van der Waals surface area contributed by atoms with E-state index in [2.05, 4.69) is 17.4 Å². The van der Waals surface area contributed by atoms with Crippen LogP contribution in [0.4, 0.5) is 5.69 Å². The summed E-state index contributed by atoms with van der Waals surface area (Å²) >= 11 is 0. The molecule has 4 nitrogen and oxygen atoms in total. The average Bonchev–Trinajstić information content (AvgIpc) is 3.29. The fraction of sp³-hybridized carbons (Fsp3) is 0.409. The van der Waals surface area contributed by atoms with Gasteiger partial charge in [-0.25, -0.2) is 0 Å². The number of carbonyl (C=O) groups is 1. The van der Waals surface area contributed by atoms with Crippen LogP contribution in [0.5, 0.6) is 5.75 Å². The number of fused-ring (bicyclic) bond motifs is 7. The number of hydrogen-bond donors (Lipinski definition) is 1. The number of benzene rings is 2. The van der Waals surface area contributed by atoms with Crippen molar-refractivity contribution in [2.24, 2.45) is 17.8 Å². The maximum atomic E-state index is 11.3. The summed E-state index contributed by atoms with van der Waals surface area (Å²) in [5.41, 5.74) is 3.77. The van der Waals surface area contributed by atoms with E-state index in [0.29, 0.717) is 23.7 Å². The quantitative estimate of drug-likeness (QED) is 0.924. The van der Waals surface area contributed by atoms with Gasteiger partial charge in [0.05, 0.1) is 19.1 Å². The van der Waals surface area contributed by atoms with Gasteiger partial charge in [-0.15, -0.1) is 0 Å². The second-order valence-corrected chi connectivity index (χ2v) is 7.92. The van der Waals surface area contributed by atoms with Gasteiger partial charge in [0.15, 0.2) is 0 Å². The Morgan fingerprint density at radius 3 is 2.81 bits per heavy atom. The van der Waals surface area contributed by atoms with Gasteiger partial charge in [0, 0.05) is 5.69 Å². The Kier molecular flexibility index (Phi) is 3.49. The van der Waals surface area contributed by atoms with Crippen molar-refractivity contribution in [3.05, 3.63) is 59.2 Å². The van der Waals surface area contributed by atoms with Gasteiger partial charge in [0.2, 0.25) is 0 Å². The number of carboxylic acids is 1. The summed E-state index contributed by atoms with van der Waals surface area (Å²) in [6.45, 7) is 0. The van der Waals surface area contributed by atoms with Gasteiger partial charge in [-0.2, -0.15) is 0 Å². The van der Waals surface area contributed by atoms with Crippen molar-refractivity contribution in [3.8, 4) is 5.75 Å². The predicted octanol–water partition coefficient (Wildman–Crippen LogP) is 3.36.